The zero-order valence-electron chi connectivity index (χ0n) is 21.8. The first-order valence-electron chi connectivity index (χ1n) is 13.0. The number of carbonyl (C=O) groups excluding carboxylic acids is 2. The number of sulfonamides is 1. The summed E-state index contributed by atoms with van der Waals surface area (Å²) in [6, 6.07) is 9.45. The van der Waals surface area contributed by atoms with Crippen LogP contribution in [0.4, 0.5) is 5.69 Å². The van der Waals surface area contributed by atoms with Gasteiger partial charge in [0.05, 0.1) is 4.34 Å². The molecule has 2 saturated heterocycles. The summed E-state index contributed by atoms with van der Waals surface area (Å²) in [6.07, 6.45) is 2.59. The number of aliphatic carboxylic acids is 1. The zero-order valence-corrected chi connectivity index (χ0v) is 25.7. The van der Waals surface area contributed by atoms with Gasteiger partial charge < -0.3 is 15.7 Å². The van der Waals surface area contributed by atoms with Crippen molar-refractivity contribution >= 4 is 79.6 Å². The minimum atomic E-state index is -4.01. The van der Waals surface area contributed by atoms with Gasteiger partial charge in [0.15, 0.2) is 0 Å². The quantitative estimate of drug-likeness (QED) is 0.269. The van der Waals surface area contributed by atoms with Crippen LogP contribution in [-0.2, 0) is 26.0 Å². The van der Waals surface area contributed by atoms with Crippen LogP contribution in [0.15, 0.2) is 52.7 Å². The van der Waals surface area contributed by atoms with E-state index in [1.807, 2.05) is 0 Å². The van der Waals surface area contributed by atoms with Crippen molar-refractivity contribution in [3.8, 4) is 0 Å². The Bertz CT molecular complexity index is 1600. The van der Waals surface area contributed by atoms with Crippen molar-refractivity contribution in [1.82, 2.24) is 14.6 Å². The number of carbonyl (C=O) groups is 3. The lowest BCUT2D eigenvalue weighted by Gasteiger charge is -2.49. The number of aromatic nitrogens is 1. The van der Waals surface area contributed by atoms with Crippen LogP contribution in [0, 0.1) is 5.92 Å². The van der Waals surface area contributed by atoms with E-state index < -0.39 is 39.9 Å². The molecule has 2 bridgehead atoms. The minimum Gasteiger partial charge on any atom is -0.480 e. The number of nitrogens with zero attached hydrogens (tertiary/aromatic N) is 2. The first-order chi connectivity index (χ1) is 19.9. The third kappa shape index (κ3) is 6.58. The largest absolute Gasteiger partial charge is 0.480 e. The lowest BCUT2D eigenvalue weighted by atomic mass is 9.76. The molecule has 0 unspecified atom stereocenters. The maximum atomic E-state index is 13.6. The maximum absolute atomic E-state index is 13.6. The lowest BCUT2D eigenvalue weighted by molar-refractivity contribution is -0.143. The molecule has 1 saturated carbocycles. The molecule has 4 heterocycles. The van der Waals surface area contributed by atoms with E-state index in [0.29, 0.717) is 41.3 Å². The number of nitrogens with one attached hydrogen (secondary N) is 2. The van der Waals surface area contributed by atoms with Crippen LogP contribution in [0.2, 0.25) is 14.6 Å². The van der Waals surface area contributed by atoms with E-state index in [4.69, 9.17) is 34.8 Å². The summed E-state index contributed by atoms with van der Waals surface area (Å²) >= 11 is 18.6. The molecule has 2 amide bonds. The number of halogens is 3. The molecule has 0 radical (unpaired) electrons. The predicted octanol–water partition coefficient (Wildman–Crippen LogP) is 5.10. The fraction of sp³-hybridized carbons (Fsp3) is 0.333. The third-order valence-electron chi connectivity index (χ3n) is 7.46. The first-order valence-corrected chi connectivity index (χ1v) is 16.4. The van der Waals surface area contributed by atoms with Crippen LogP contribution in [0.5, 0.6) is 0 Å². The van der Waals surface area contributed by atoms with E-state index in [9.17, 15) is 27.9 Å². The molecule has 3 aliphatic rings. The molecule has 15 heteroatoms. The van der Waals surface area contributed by atoms with Gasteiger partial charge in [-0.2, -0.15) is 4.31 Å². The Morgan fingerprint density at radius 3 is 2.21 bits per heavy atom. The lowest BCUT2D eigenvalue weighted by Crippen LogP contribution is -2.63. The van der Waals surface area contributed by atoms with E-state index in [2.05, 4.69) is 15.6 Å². The summed E-state index contributed by atoms with van der Waals surface area (Å²) < 4.78 is 28.8. The van der Waals surface area contributed by atoms with Crippen molar-refractivity contribution in [2.45, 2.75) is 54.4 Å². The Hall–Kier alpha value is -2.74. The molecule has 3 fully saturated rings. The molecule has 0 spiro atoms. The van der Waals surface area contributed by atoms with Crippen LogP contribution in [0.1, 0.15) is 41.6 Å². The number of rotatable bonds is 9. The normalized spacial score (nSPS) is 21.1. The smallest absolute Gasteiger partial charge is 0.326 e. The Morgan fingerprint density at radius 1 is 1.00 bits per heavy atom. The number of carboxylic acid groups (broad SMARTS) is 1. The number of anilines is 1. The monoisotopic (exact) mass is 670 g/mol. The Balaban J connectivity index is 1.29. The highest BCUT2D eigenvalue weighted by Crippen LogP contribution is 2.44. The molecule has 1 aliphatic carbocycles. The van der Waals surface area contributed by atoms with Gasteiger partial charge in [0.1, 0.15) is 26.6 Å². The number of piperidine rings is 2. The van der Waals surface area contributed by atoms with Gasteiger partial charge in [0.2, 0.25) is 5.91 Å². The summed E-state index contributed by atoms with van der Waals surface area (Å²) in [7, 11) is -4.01. The van der Waals surface area contributed by atoms with Crippen LogP contribution >= 0.6 is 46.1 Å². The molecule has 1 aromatic carbocycles. The van der Waals surface area contributed by atoms with Crippen molar-refractivity contribution in [1.29, 1.82) is 0 Å². The molecule has 3 N–H and O–H groups in total. The number of benzene rings is 1. The molecule has 42 heavy (non-hydrogen) atoms. The fourth-order valence-electron chi connectivity index (χ4n) is 5.54. The SMILES string of the molecule is O=C(Nc1ccc(C[C@H](NC(=O)[C@H]2C3CCC(CC3)N2S(=O)(=O)c2ccc(Cl)s2)C(=O)O)cc1)c1cc(Cl)nc(Cl)c1. The molecule has 3 aromatic rings. The summed E-state index contributed by atoms with van der Waals surface area (Å²) in [6.45, 7) is 0. The van der Waals surface area contributed by atoms with E-state index >= 15 is 0 Å². The second kappa shape index (κ2) is 12.5. The Kier molecular flexibility index (Phi) is 9.12. The van der Waals surface area contributed by atoms with Gasteiger partial charge in [-0.15, -0.1) is 11.3 Å². The number of fused-ring (bicyclic) bond motifs is 3. The molecular formula is C27H25Cl3N4O6S2. The van der Waals surface area contributed by atoms with Crippen LogP contribution in [-0.4, -0.2) is 58.7 Å². The second-order valence-electron chi connectivity index (χ2n) is 10.2. The van der Waals surface area contributed by atoms with Gasteiger partial charge in [-0.3, -0.25) is 9.59 Å². The molecule has 2 aliphatic heterocycles. The standard InChI is InChI=1S/C27H25Cl3N4O6S2/c28-20-12-16(13-21(29)33-20)25(35)31-17-5-1-14(2-6-17)11-19(27(37)38)32-26(36)24-15-3-7-18(8-4-15)34(24)42(39,40)23-10-9-22(30)41-23/h1-2,5-6,9-10,12-13,15,18-19,24H,3-4,7-8,11H2,(H,31,35)(H,32,36)(H,37,38)/t15?,18?,19-,24+/m0/s1. The summed E-state index contributed by atoms with van der Waals surface area (Å²) in [4.78, 5) is 42.1. The number of hydrogen-bond acceptors (Lipinski definition) is 7. The molecule has 10 nitrogen and oxygen atoms in total. The van der Waals surface area contributed by atoms with Crippen molar-refractivity contribution < 1.29 is 27.9 Å². The molecule has 222 valence electrons. The third-order valence-corrected chi connectivity index (χ3v) is 11.5. The van der Waals surface area contributed by atoms with E-state index in [1.54, 1.807) is 24.3 Å². The molecule has 6 rings (SSSR count). The van der Waals surface area contributed by atoms with Crippen molar-refractivity contribution in [3.63, 3.8) is 0 Å². The van der Waals surface area contributed by atoms with Gasteiger partial charge >= 0.3 is 5.97 Å². The summed E-state index contributed by atoms with van der Waals surface area (Å²) in [5, 5.41) is 15.4. The second-order valence-corrected chi connectivity index (χ2v) is 14.7. The van der Waals surface area contributed by atoms with E-state index in [1.165, 1.54) is 28.6 Å². The Morgan fingerprint density at radius 2 is 1.64 bits per heavy atom. The van der Waals surface area contributed by atoms with Gasteiger partial charge in [0.25, 0.3) is 15.9 Å². The first kappa shape index (κ1) is 30.7. The highest BCUT2D eigenvalue weighted by molar-refractivity contribution is 7.91. The van der Waals surface area contributed by atoms with Gasteiger partial charge in [-0.1, -0.05) is 46.9 Å². The molecular weight excluding hydrogens is 647 g/mol. The van der Waals surface area contributed by atoms with Gasteiger partial charge in [0, 0.05) is 23.7 Å². The molecule has 2 aromatic heterocycles. The Labute approximate surface area is 261 Å². The van der Waals surface area contributed by atoms with Crippen molar-refractivity contribution in [3.05, 3.63) is 74.3 Å². The maximum Gasteiger partial charge on any atom is 0.326 e. The van der Waals surface area contributed by atoms with Crippen molar-refractivity contribution in [2.75, 3.05) is 5.32 Å². The number of carboxylic acids is 1. The number of hydrogen-bond donors (Lipinski definition) is 3. The number of pyridine rings is 1. The molecule has 2 atom stereocenters. The van der Waals surface area contributed by atoms with E-state index in [-0.39, 0.29) is 38.5 Å². The van der Waals surface area contributed by atoms with E-state index in [0.717, 1.165) is 11.3 Å². The number of amides is 2. The predicted molar refractivity (Wildman–Crippen MR) is 160 cm³/mol. The minimum absolute atomic E-state index is 0.0509. The average molecular weight is 672 g/mol. The fourth-order valence-corrected chi connectivity index (χ4v) is 9.48. The zero-order chi connectivity index (χ0) is 30.2. The van der Waals surface area contributed by atoms with Crippen LogP contribution in [0.25, 0.3) is 0 Å². The van der Waals surface area contributed by atoms with Crippen LogP contribution in [0.3, 0.4) is 0 Å². The average Bonchev–Trinajstić information content (AvgIpc) is 3.40. The summed E-state index contributed by atoms with van der Waals surface area (Å²) in [5.41, 5.74) is 1.24. The highest BCUT2D eigenvalue weighted by atomic mass is 35.5. The number of thiophene rings is 1. The topological polar surface area (TPSA) is 146 Å². The van der Waals surface area contributed by atoms with Crippen LogP contribution < -0.4 is 10.6 Å². The van der Waals surface area contributed by atoms with Gasteiger partial charge in [-0.05, 0) is 73.6 Å². The van der Waals surface area contributed by atoms with Gasteiger partial charge in [-0.25, -0.2) is 18.2 Å². The van der Waals surface area contributed by atoms with Crippen molar-refractivity contribution in [2.24, 2.45) is 5.92 Å². The highest BCUT2D eigenvalue weighted by Gasteiger charge is 2.51. The summed E-state index contributed by atoms with van der Waals surface area (Å²) in [5.74, 6) is -2.58.